The van der Waals surface area contributed by atoms with Crippen LogP contribution in [0.1, 0.15) is 59.7 Å². The molecule has 3 aromatic rings. The lowest BCUT2D eigenvalue weighted by Gasteiger charge is -2.39. The Labute approximate surface area is 209 Å². The Balaban J connectivity index is 1.59. The molecule has 1 saturated heterocycles. The van der Waals surface area contributed by atoms with E-state index in [0.717, 1.165) is 35.5 Å². The summed E-state index contributed by atoms with van der Waals surface area (Å²) in [6.45, 7) is 3.36. The van der Waals surface area contributed by atoms with Crippen molar-refractivity contribution in [1.29, 1.82) is 0 Å². The van der Waals surface area contributed by atoms with Crippen molar-refractivity contribution in [3.8, 4) is 17.6 Å². The molecule has 3 heterocycles. The molecular formula is C28H30F2N4O2. The molecule has 0 radical (unpaired) electrons. The smallest absolute Gasteiger partial charge is 0.387 e. The fraction of sp³-hybridized carbons (Fsp3) is 0.429. The number of imidazole rings is 1. The number of aldehydes is 1. The first-order valence-corrected chi connectivity index (χ1v) is 12.2. The number of halogens is 2. The fourth-order valence-corrected chi connectivity index (χ4v) is 5.29. The van der Waals surface area contributed by atoms with E-state index in [1.807, 2.05) is 32.3 Å². The number of fused-ring (bicyclic) bond motifs is 3. The Kier molecular flexibility index (Phi) is 6.54. The molecule has 8 heteroatoms. The number of hydrogen-bond donors (Lipinski definition) is 0. The Morgan fingerprint density at radius 2 is 1.97 bits per heavy atom. The van der Waals surface area contributed by atoms with Crippen LogP contribution >= 0.6 is 0 Å². The molecule has 36 heavy (non-hydrogen) atoms. The maximum atomic E-state index is 13.3. The van der Waals surface area contributed by atoms with Crippen LogP contribution in [0, 0.1) is 17.8 Å². The second-order valence-electron chi connectivity index (χ2n) is 10.0. The van der Waals surface area contributed by atoms with Crippen LogP contribution in [0.25, 0.3) is 11.0 Å². The number of aromatic nitrogens is 2. The van der Waals surface area contributed by atoms with Gasteiger partial charge in [0, 0.05) is 41.7 Å². The van der Waals surface area contributed by atoms with Crippen molar-refractivity contribution in [2.24, 2.45) is 5.92 Å². The zero-order valence-corrected chi connectivity index (χ0v) is 20.9. The molecule has 5 rings (SSSR count). The van der Waals surface area contributed by atoms with Crippen LogP contribution in [0.5, 0.6) is 5.75 Å². The first-order chi connectivity index (χ1) is 17.3. The van der Waals surface area contributed by atoms with Crippen molar-refractivity contribution in [3.05, 3.63) is 58.9 Å². The summed E-state index contributed by atoms with van der Waals surface area (Å²) >= 11 is 0. The van der Waals surface area contributed by atoms with Crippen molar-refractivity contribution in [2.45, 2.75) is 45.0 Å². The predicted octanol–water partition coefficient (Wildman–Crippen LogP) is 4.74. The maximum Gasteiger partial charge on any atom is 0.387 e. The van der Waals surface area contributed by atoms with Gasteiger partial charge in [0.2, 0.25) is 0 Å². The van der Waals surface area contributed by atoms with Gasteiger partial charge in [-0.15, -0.1) is 0 Å². The lowest BCUT2D eigenvalue weighted by molar-refractivity contribution is -0.0507. The van der Waals surface area contributed by atoms with Crippen LogP contribution in [0.15, 0.2) is 36.4 Å². The van der Waals surface area contributed by atoms with Gasteiger partial charge in [-0.1, -0.05) is 24.0 Å². The van der Waals surface area contributed by atoms with Gasteiger partial charge in [-0.2, -0.15) is 8.78 Å². The van der Waals surface area contributed by atoms with E-state index < -0.39 is 6.61 Å². The van der Waals surface area contributed by atoms with E-state index in [2.05, 4.69) is 40.1 Å². The first-order valence-electron chi connectivity index (χ1n) is 12.2. The average Bonchev–Trinajstić information content (AvgIpc) is 3.34. The quantitative estimate of drug-likeness (QED) is 0.368. The highest BCUT2D eigenvalue weighted by molar-refractivity contribution is 5.82. The van der Waals surface area contributed by atoms with E-state index in [9.17, 15) is 13.6 Å². The summed E-state index contributed by atoms with van der Waals surface area (Å²) in [5, 5.41) is 0. The molecule has 1 fully saturated rings. The molecule has 1 aromatic heterocycles. The second kappa shape index (κ2) is 9.64. The Morgan fingerprint density at radius 1 is 1.19 bits per heavy atom. The molecule has 2 aliphatic heterocycles. The molecule has 0 bridgehead atoms. The molecule has 0 aliphatic carbocycles. The van der Waals surface area contributed by atoms with E-state index in [-0.39, 0.29) is 17.8 Å². The van der Waals surface area contributed by atoms with Crippen LogP contribution in [-0.4, -0.2) is 65.5 Å². The van der Waals surface area contributed by atoms with Crippen molar-refractivity contribution in [1.82, 2.24) is 19.4 Å². The van der Waals surface area contributed by atoms with Gasteiger partial charge in [0.15, 0.2) is 6.29 Å². The number of hydrogen-bond acceptors (Lipinski definition) is 5. The van der Waals surface area contributed by atoms with Crippen LogP contribution in [0.3, 0.4) is 0 Å². The van der Waals surface area contributed by atoms with Crippen LogP contribution < -0.4 is 4.74 Å². The summed E-state index contributed by atoms with van der Waals surface area (Å²) in [6.07, 6.45) is 1.28. The number of alkyl halides is 2. The molecule has 0 saturated carbocycles. The maximum absolute atomic E-state index is 13.3. The van der Waals surface area contributed by atoms with Crippen molar-refractivity contribution >= 4 is 17.3 Å². The number of benzene rings is 2. The van der Waals surface area contributed by atoms with Crippen molar-refractivity contribution in [2.75, 3.05) is 27.2 Å². The number of carbonyl (C=O) groups is 1. The Hall–Kier alpha value is -3.28. The number of nitrogens with zero attached hydrogens (tertiary/aromatic N) is 4. The third-order valence-corrected chi connectivity index (χ3v) is 7.23. The summed E-state index contributed by atoms with van der Waals surface area (Å²) in [5.74, 6) is 7.91. The van der Waals surface area contributed by atoms with E-state index in [4.69, 9.17) is 9.72 Å². The summed E-state index contributed by atoms with van der Waals surface area (Å²) in [4.78, 5) is 21.3. The molecule has 6 nitrogen and oxygen atoms in total. The Morgan fingerprint density at radius 3 is 2.64 bits per heavy atom. The van der Waals surface area contributed by atoms with E-state index in [1.165, 1.54) is 6.07 Å². The van der Waals surface area contributed by atoms with Crippen LogP contribution in [-0.2, 0) is 0 Å². The van der Waals surface area contributed by atoms with E-state index in [0.29, 0.717) is 35.8 Å². The lowest BCUT2D eigenvalue weighted by atomic mass is 9.96. The fourth-order valence-electron chi connectivity index (χ4n) is 5.29. The zero-order valence-electron chi connectivity index (χ0n) is 20.9. The molecule has 2 aliphatic rings. The summed E-state index contributed by atoms with van der Waals surface area (Å²) < 4.78 is 33.5. The van der Waals surface area contributed by atoms with Crippen molar-refractivity contribution in [3.63, 3.8) is 0 Å². The largest absolute Gasteiger partial charge is 0.434 e. The average molecular weight is 493 g/mol. The minimum atomic E-state index is -2.99. The van der Waals surface area contributed by atoms with E-state index >= 15 is 0 Å². The zero-order chi connectivity index (χ0) is 25.6. The molecule has 2 unspecified atom stereocenters. The van der Waals surface area contributed by atoms with Crippen LogP contribution in [0.2, 0.25) is 0 Å². The second-order valence-corrected chi connectivity index (χ2v) is 10.0. The van der Waals surface area contributed by atoms with Gasteiger partial charge in [-0.3, -0.25) is 14.6 Å². The van der Waals surface area contributed by atoms with Gasteiger partial charge in [0.1, 0.15) is 11.6 Å². The first kappa shape index (κ1) is 24.4. The lowest BCUT2D eigenvalue weighted by Crippen LogP contribution is -2.49. The molecule has 0 N–H and O–H groups in total. The van der Waals surface area contributed by atoms with Gasteiger partial charge >= 0.3 is 6.61 Å². The number of carbonyl (C=O) groups excluding carboxylic acids is 1. The van der Waals surface area contributed by atoms with Gasteiger partial charge in [-0.25, -0.2) is 4.98 Å². The molecule has 2 atom stereocenters. The standard InChI is InChI=1S/C28H30F2N4O2/c1-17(2)33-14-19(15-33)9-8-18-10-11-21-22(12-18)34-23(13-24(32(3)4)27(34)31-21)26-20(16-35)6-5-7-25(26)36-28(29)30/h5-7,10-12,16-17,19,23-24,28H,13-15H2,1-4H3. The third-order valence-electron chi connectivity index (χ3n) is 7.23. The highest BCUT2D eigenvalue weighted by Crippen LogP contribution is 2.46. The number of likely N-dealkylation sites (tertiary alicyclic amines) is 1. The SMILES string of the molecule is CC(C)N1CC(C#Cc2ccc3nc4n(c3c2)C(c2c(C=O)cccc2OC(F)F)CC4N(C)C)C1. The van der Waals surface area contributed by atoms with Gasteiger partial charge in [0.25, 0.3) is 0 Å². The molecular weight excluding hydrogens is 462 g/mol. The van der Waals surface area contributed by atoms with Crippen molar-refractivity contribution < 1.29 is 18.3 Å². The topological polar surface area (TPSA) is 50.6 Å². The molecule has 0 amide bonds. The van der Waals surface area contributed by atoms with Crippen LogP contribution in [0.4, 0.5) is 8.78 Å². The summed E-state index contributed by atoms with van der Waals surface area (Å²) in [7, 11) is 3.93. The highest BCUT2D eigenvalue weighted by Gasteiger charge is 2.38. The molecule has 2 aromatic carbocycles. The summed E-state index contributed by atoms with van der Waals surface area (Å²) in [6, 6.07) is 10.7. The molecule has 0 spiro atoms. The van der Waals surface area contributed by atoms with Gasteiger partial charge in [0.05, 0.1) is 23.1 Å². The normalized spacial score (nSPS) is 20.0. The number of rotatable bonds is 6. The summed E-state index contributed by atoms with van der Waals surface area (Å²) in [5.41, 5.74) is 3.35. The highest BCUT2D eigenvalue weighted by atomic mass is 19.3. The number of ether oxygens (including phenoxy) is 1. The minimum absolute atomic E-state index is 0.0162. The minimum Gasteiger partial charge on any atom is -0.434 e. The third kappa shape index (κ3) is 4.38. The predicted molar refractivity (Wildman–Crippen MR) is 134 cm³/mol. The van der Waals surface area contributed by atoms with Gasteiger partial charge in [-0.05, 0) is 58.6 Å². The molecule has 188 valence electrons. The van der Waals surface area contributed by atoms with Gasteiger partial charge < -0.3 is 9.30 Å². The Bertz CT molecular complexity index is 1350. The monoisotopic (exact) mass is 492 g/mol. The van der Waals surface area contributed by atoms with E-state index in [1.54, 1.807) is 12.1 Å².